The van der Waals surface area contributed by atoms with Crippen molar-refractivity contribution in [1.82, 2.24) is 29.1 Å². The van der Waals surface area contributed by atoms with Crippen molar-refractivity contribution in [2.45, 2.75) is 50.9 Å². The summed E-state index contributed by atoms with van der Waals surface area (Å²) in [5.74, 6) is 1.49. The molecule has 6 rings (SSSR count). The molecule has 7 nitrogen and oxygen atoms in total. The monoisotopic (exact) mass is 378 g/mol. The Morgan fingerprint density at radius 2 is 2.07 bits per heavy atom. The van der Waals surface area contributed by atoms with Gasteiger partial charge in [-0.15, -0.1) is 0 Å². The molecule has 2 aliphatic carbocycles. The van der Waals surface area contributed by atoms with E-state index < -0.39 is 6.17 Å². The predicted molar refractivity (Wildman–Crippen MR) is 101 cm³/mol. The summed E-state index contributed by atoms with van der Waals surface area (Å²) in [5.41, 5.74) is 4.51. The van der Waals surface area contributed by atoms with Gasteiger partial charge in [-0.3, -0.25) is 0 Å². The number of alkyl halides is 1. The molecule has 0 aliphatic heterocycles. The van der Waals surface area contributed by atoms with Gasteiger partial charge in [-0.25, -0.2) is 18.9 Å². The molecule has 142 valence electrons. The Morgan fingerprint density at radius 1 is 1.21 bits per heavy atom. The van der Waals surface area contributed by atoms with Gasteiger partial charge in [0.25, 0.3) is 0 Å². The predicted octanol–water partition coefficient (Wildman–Crippen LogP) is 3.66. The van der Waals surface area contributed by atoms with E-state index in [-0.39, 0.29) is 6.10 Å². The molecule has 28 heavy (non-hydrogen) atoms. The van der Waals surface area contributed by atoms with E-state index in [0.29, 0.717) is 24.8 Å². The van der Waals surface area contributed by atoms with E-state index in [1.54, 1.807) is 4.52 Å². The molecule has 2 aliphatic rings. The maximum atomic E-state index is 13.2. The second-order valence-electron chi connectivity index (χ2n) is 7.72. The highest BCUT2D eigenvalue weighted by Gasteiger charge is 2.32. The Hall–Kier alpha value is -3.03. The molecule has 0 N–H and O–H groups in total. The third-order valence-electron chi connectivity index (χ3n) is 5.68. The Labute approximate surface area is 160 Å². The molecular weight excluding hydrogens is 359 g/mol. The first-order chi connectivity index (χ1) is 13.7. The van der Waals surface area contributed by atoms with Gasteiger partial charge >= 0.3 is 0 Å². The molecule has 0 bridgehead atoms. The zero-order valence-corrected chi connectivity index (χ0v) is 15.4. The Bertz CT molecular complexity index is 1200. The van der Waals surface area contributed by atoms with Gasteiger partial charge in [-0.1, -0.05) is 0 Å². The van der Waals surface area contributed by atoms with Crippen molar-refractivity contribution in [3.05, 3.63) is 36.7 Å². The van der Waals surface area contributed by atoms with Gasteiger partial charge < -0.3 is 9.30 Å². The van der Waals surface area contributed by atoms with Crippen LogP contribution in [0.15, 0.2) is 30.9 Å². The van der Waals surface area contributed by atoms with Crippen LogP contribution in [0.1, 0.15) is 37.5 Å². The summed E-state index contributed by atoms with van der Waals surface area (Å²) in [6.07, 6.45) is 7.49. The summed E-state index contributed by atoms with van der Waals surface area (Å²) in [7, 11) is 0. The maximum Gasteiger partial charge on any atom is 0.242 e. The van der Waals surface area contributed by atoms with Crippen LogP contribution in [-0.2, 0) is 0 Å². The van der Waals surface area contributed by atoms with Crippen molar-refractivity contribution < 1.29 is 9.13 Å². The molecule has 4 aromatic heterocycles. The van der Waals surface area contributed by atoms with Crippen molar-refractivity contribution in [2.24, 2.45) is 0 Å². The molecule has 0 aromatic carbocycles. The van der Waals surface area contributed by atoms with Crippen LogP contribution in [0.4, 0.5) is 4.39 Å². The topological polar surface area (TPSA) is 70.1 Å². The first-order valence-electron chi connectivity index (χ1n) is 9.65. The average Bonchev–Trinajstić information content (AvgIpc) is 3.30. The lowest BCUT2D eigenvalue weighted by molar-refractivity contribution is 0.0385. The number of halogens is 1. The second kappa shape index (κ2) is 5.73. The van der Waals surface area contributed by atoms with Crippen molar-refractivity contribution in [2.75, 3.05) is 0 Å². The van der Waals surface area contributed by atoms with Crippen molar-refractivity contribution in [3.63, 3.8) is 0 Å². The molecule has 0 atom stereocenters. The highest BCUT2D eigenvalue weighted by molar-refractivity contribution is 5.88. The fraction of sp³-hybridized carbons (Fsp3) is 0.400. The van der Waals surface area contributed by atoms with Crippen molar-refractivity contribution in [1.29, 1.82) is 0 Å². The number of pyridine rings is 1. The fourth-order valence-corrected chi connectivity index (χ4v) is 4.03. The van der Waals surface area contributed by atoms with Crippen LogP contribution < -0.4 is 4.74 Å². The van der Waals surface area contributed by atoms with E-state index in [1.165, 1.54) is 19.2 Å². The van der Waals surface area contributed by atoms with E-state index in [1.807, 2.05) is 25.4 Å². The molecule has 2 saturated carbocycles. The van der Waals surface area contributed by atoms with Gasteiger partial charge in [0.1, 0.15) is 29.9 Å². The summed E-state index contributed by atoms with van der Waals surface area (Å²) in [6, 6.07) is 4.65. The van der Waals surface area contributed by atoms with Crippen molar-refractivity contribution in [3.8, 4) is 17.0 Å². The zero-order chi connectivity index (χ0) is 18.8. The minimum absolute atomic E-state index is 0.129. The molecule has 2 fully saturated rings. The number of fused-ring (bicyclic) bond motifs is 2. The maximum absolute atomic E-state index is 13.2. The van der Waals surface area contributed by atoms with E-state index in [0.717, 1.165) is 33.6 Å². The molecule has 8 heteroatoms. The van der Waals surface area contributed by atoms with Crippen LogP contribution in [0.5, 0.6) is 5.88 Å². The minimum atomic E-state index is -0.772. The van der Waals surface area contributed by atoms with Crippen LogP contribution in [0.3, 0.4) is 0 Å². The van der Waals surface area contributed by atoms with E-state index >= 15 is 0 Å². The highest BCUT2D eigenvalue weighted by Crippen LogP contribution is 2.40. The smallest absolute Gasteiger partial charge is 0.242 e. The van der Waals surface area contributed by atoms with Gasteiger partial charge in [0.15, 0.2) is 5.65 Å². The number of hydrogen-bond donors (Lipinski definition) is 0. The van der Waals surface area contributed by atoms with Gasteiger partial charge in [-0.2, -0.15) is 10.1 Å². The Morgan fingerprint density at radius 3 is 2.86 bits per heavy atom. The third-order valence-corrected chi connectivity index (χ3v) is 5.68. The lowest BCUT2D eigenvalue weighted by Gasteiger charge is -2.29. The van der Waals surface area contributed by atoms with E-state index in [4.69, 9.17) is 4.74 Å². The van der Waals surface area contributed by atoms with Crippen LogP contribution in [0, 0.1) is 6.92 Å². The number of aryl methyl sites for hydroxylation is 1. The molecule has 0 spiro atoms. The van der Waals surface area contributed by atoms with Gasteiger partial charge in [0, 0.05) is 42.4 Å². The van der Waals surface area contributed by atoms with Gasteiger partial charge in [0.2, 0.25) is 5.88 Å². The standard InChI is InChI=1S/C20H19FN6O/c1-11-25-19-17(27(11)14-2-3-14)6-12(9-22-19)16-4-5-26-18(16)20(23-10-24-26)28-15-7-13(21)8-15/h4-6,9-10,13-15H,2-3,7-8H2,1H3. The molecule has 0 amide bonds. The fourth-order valence-electron chi connectivity index (χ4n) is 4.03. The van der Waals surface area contributed by atoms with E-state index in [2.05, 4.69) is 30.7 Å². The summed E-state index contributed by atoms with van der Waals surface area (Å²) >= 11 is 0. The third kappa shape index (κ3) is 2.40. The molecule has 0 unspecified atom stereocenters. The number of hydrogen-bond acceptors (Lipinski definition) is 5. The molecule has 4 heterocycles. The zero-order valence-electron chi connectivity index (χ0n) is 15.4. The Balaban J connectivity index is 1.48. The Kier molecular flexibility index (Phi) is 3.27. The van der Waals surface area contributed by atoms with Crippen molar-refractivity contribution >= 4 is 16.7 Å². The summed E-state index contributed by atoms with van der Waals surface area (Å²) < 4.78 is 23.2. The molecule has 4 aromatic rings. The summed E-state index contributed by atoms with van der Waals surface area (Å²) in [4.78, 5) is 13.5. The number of nitrogens with zero attached hydrogens (tertiary/aromatic N) is 6. The van der Waals surface area contributed by atoms with Gasteiger partial charge in [-0.05, 0) is 31.9 Å². The highest BCUT2D eigenvalue weighted by atomic mass is 19.1. The lowest BCUT2D eigenvalue weighted by atomic mass is 9.94. The summed E-state index contributed by atoms with van der Waals surface area (Å²) in [6.45, 7) is 2.03. The largest absolute Gasteiger partial charge is 0.473 e. The van der Waals surface area contributed by atoms with Gasteiger partial charge in [0.05, 0.1) is 5.52 Å². The first-order valence-corrected chi connectivity index (χ1v) is 9.65. The molecule has 0 saturated heterocycles. The second-order valence-corrected chi connectivity index (χ2v) is 7.72. The average molecular weight is 378 g/mol. The number of ether oxygens (including phenoxy) is 1. The minimum Gasteiger partial charge on any atom is -0.473 e. The van der Waals surface area contributed by atoms with Crippen LogP contribution >= 0.6 is 0 Å². The normalized spacial score (nSPS) is 21.9. The lowest BCUT2D eigenvalue weighted by Crippen LogP contribution is -2.35. The quantitative estimate of drug-likeness (QED) is 0.542. The SMILES string of the molecule is Cc1nc2ncc(-c3ccn4ncnc(OC5CC(F)C5)c34)cc2n1C1CC1. The molecular formula is C20H19FN6O. The van der Waals surface area contributed by atoms with E-state index in [9.17, 15) is 4.39 Å². The first kappa shape index (κ1) is 16.0. The molecule has 0 radical (unpaired) electrons. The number of aromatic nitrogens is 6. The number of imidazole rings is 1. The number of rotatable bonds is 4. The summed E-state index contributed by atoms with van der Waals surface area (Å²) in [5, 5.41) is 4.29. The van der Waals surface area contributed by atoms with Crippen LogP contribution in [-0.4, -0.2) is 41.4 Å². The van der Waals surface area contributed by atoms with Crippen LogP contribution in [0.25, 0.3) is 27.8 Å². The van der Waals surface area contributed by atoms with Crippen LogP contribution in [0.2, 0.25) is 0 Å².